The van der Waals surface area contributed by atoms with Gasteiger partial charge in [-0.05, 0) is 35.7 Å². The highest BCUT2D eigenvalue weighted by molar-refractivity contribution is 7.89. The van der Waals surface area contributed by atoms with E-state index < -0.39 is 10.0 Å². The van der Waals surface area contributed by atoms with E-state index in [1.54, 1.807) is 11.0 Å². The van der Waals surface area contributed by atoms with E-state index in [9.17, 15) is 13.2 Å². The Labute approximate surface area is 185 Å². The van der Waals surface area contributed by atoms with Crippen LogP contribution in [0.3, 0.4) is 0 Å². The van der Waals surface area contributed by atoms with E-state index in [0.29, 0.717) is 31.1 Å². The van der Waals surface area contributed by atoms with Crippen molar-refractivity contribution in [2.45, 2.75) is 17.9 Å². The molecule has 0 aliphatic carbocycles. The van der Waals surface area contributed by atoms with Crippen molar-refractivity contribution in [3.05, 3.63) is 64.8 Å². The number of aryl methyl sites for hydroxylation is 1. The van der Waals surface area contributed by atoms with Gasteiger partial charge in [-0.2, -0.15) is 4.31 Å². The molecule has 3 aromatic rings. The maximum atomic E-state index is 12.9. The number of hydrogen-bond acceptors (Lipinski definition) is 3. The van der Waals surface area contributed by atoms with Gasteiger partial charge in [-0.3, -0.25) is 4.79 Å². The van der Waals surface area contributed by atoms with Crippen LogP contribution in [0.15, 0.2) is 59.6 Å². The fourth-order valence-electron chi connectivity index (χ4n) is 3.70. The van der Waals surface area contributed by atoms with Gasteiger partial charge in [0.05, 0.1) is 5.02 Å². The van der Waals surface area contributed by atoms with Crippen LogP contribution in [-0.2, 0) is 21.4 Å². The lowest BCUT2D eigenvalue weighted by Gasteiger charge is -2.34. The highest BCUT2D eigenvalue weighted by Crippen LogP contribution is 2.28. The van der Waals surface area contributed by atoms with Gasteiger partial charge in [-0.15, -0.1) is 0 Å². The van der Waals surface area contributed by atoms with Crippen molar-refractivity contribution in [1.29, 1.82) is 0 Å². The summed E-state index contributed by atoms with van der Waals surface area (Å²) < 4.78 is 29.3. The molecule has 4 rings (SSSR count). The quantitative estimate of drug-likeness (QED) is 0.574. The van der Waals surface area contributed by atoms with E-state index in [1.165, 1.54) is 16.4 Å². The second-order valence-electron chi connectivity index (χ2n) is 7.18. The van der Waals surface area contributed by atoms with E-state index in [4.69, 9.17) is 23.2 Å². The summed E-state index contributed by atoms with van der Waals surface area (Å²) in [6.07, 6.45) is 2.35. The van der Waals surface area contributed by atoms with E-state index in [0.717, 1.165) is 10.9 Å². The van der Waals surface area contributed by atoms with Crippen LogP contribution in [0.25, 0.3) is 10.9 Å². The number of halogens is 2. The van der Waals surface area contributed by atoms with Crippen molar-refractivity contribution >= 4 is 50.0 Å². The molecule has 1 aromatic heterocycles. The van der Waals surface area contributed by atoms with Crippen LogP contribution in [0.1, 0.15) is 6.42 Å². The number of para-hydroxylation sites is 1. The molecule has 2 aromatic carbocycles. The summed E-state index contributed by atoms with van der Waals surface area (Å²) in [5.74, 6) is 0.0191. The summed E-state index contributed by atoms with van der Waals surface area (Å²) in [4.78, 5) is 14.4. The Kier molecular flexibility index (Phi) is 6.06. The minimum absolute atomic E-state index is 0.00377. The number of benzene rings is 2. The van der Waals surface area contributed by atoms with Crippen molar-refractivity contribution in [2.75, 3.05) is 26.2 Å². The highest BCUT2D eigenvalue weighted by Gasteiger charge is 2.31. The minimum atomic E-state index is -3.76. The molecule has 0 spiro atoms. The Hall–Kier alpha value is -2.06. The first-order valence-corrected chi connectivity index (χ1v) is 11.8. The number of carbonyl (C=O) groups excluding carboxylic acids is 1. The molecule has 0 N–H and O–H groups in total. The van der Waals surface area contributed by atoms with Crippen LogP contribution >= 0.6 is 23.2 Å². The molecule has 2 heterocycles. The van der Waals surface area contributed by atoms with Gasteiger partial charge in [-0.25, -0.2) is 8.42 Å². The Balaban J connectivity index is 1.37. The second-order valence-corrected chi connectivity index (χ2v) is 9.93. The van der Waals surface area contributed by atoms with E-state index in [1.807, 2.05) is 36.5 Å². The summed E-state index contributed by atoms with van der Waals surface area (Å²) >= 11 is 12.0. The number of piperazine rings is 1. The molecule has 30 heavy (non-hydrogen) atoms. The van der Waals surface area contributed by atoms with E-state index in [-0.39, 0.29) is 28.9 Å². The number of aromatic nitrogens is 1. The zero-order valence-electron chi connectivity index (χ0n) is 16.2. The van der Waals surface area contributed by atoms with Gasteiger partial charge in [0.15, 0.2) is 0 Å². The summed E-state index contributed by atoms with van der Waals surface area (Å²) in [5, 5.41) is 1.59. The number of fused-ring (bicyclic) bond motifs is 1. The third-order valence-corrected chi connectivity index (χ3v) is 7.96. The van der Waals surface area contributed by atoms with Crippen LogP contribution in [0.5, 0.6) is 0 Å². The molecule has 0 atom stereocenters. The Bertz CT molecular complexity index is 1190. The lowest BCUT2D eigenvalue weighted by Crippen LogP contribution is -2.50. The van der Waals surface area contributed by atoms with Gasteiger partial charge in [-0.1, -0.05) is 41.4 Å². The first kappa shape index (κ1) is 21.2. The Morgan fingerprint density at radius 1 is 0.967 bits per heavy atom. The second kappa shape index (κ2) is 8.59. The molecule has 6 nitrogen and oxygen atoms in total. The van der Waals surface area contributed by atoms with E-state index >= 15 is 0 Å². The monoisotopic (exact) mass is 465 g/mol. The molecule has 0 radical (unpaired) electrons. The third kappa shape index (κ3) is 4.21. The van der Waals surface area contributed by atoms with Gasteiger partial charge in [0.25, 0.3) is 0 Å². The molecule has 1 saturated heterocycles. The lowest BCUT2D eigenvalue weighted by atomic mass is 10.2. The van der Waals surface area contributed by atoms with Crippen molar-refractivity contribution in [3.8, 4) is 0 Å². The van der Waals surface area contributed by atoms with Crippen molar-refractivity contribution in [3.63, 3.8) is 0 Å². The average Bonchev–Trinajstić information content (AvgIpc) is 3.17. The molecule has 1 amide bonds. The van der Waals surface area contributed by atoms with Gasteiger partial charge >= 0.3 is 0 Å². The Morgan fingerprint density at radius 2 is 1.70 bits per heavy atom. The zero-order valence-corrected chi connectivity index (χ0v) is 18.5. The largest absolute Gasteiger partial charge is 0.347 e. The predicted molar refractivity (Wildman–Crippen MR) is 118 cm³/mol. The summed E-state index contributed by atoms with van der Waals surface area (Å²) in [5.41, 5.74) is 1.10. The number of carbonyl (C=O) groups is 1. The molecule has 0 bridgehead atoms. The maximum Gasteiger partial charge on any atom is 0.244 e. The summed E-state index contributed by atoms with van der Waals surface area (Å²) in [6, 6.07) is 14.5. The number of nitrogens with zero attached hydrogens (tertiary/aromatic N) is 3. The first-order valence-electron chi connectivity index (χ1n) is 9.63. The predicted octanol–water partition coefficient (Wildman–Crippen LogP) is 3.87. The average molecular weight is 466 g/mol. The molecule has 158 valence electrons. The lowest BCUT2D eigenvalue weighted by molar-refractivity contribution is -0.132. The Morgan fingerprint density at radius 3 is 2.47 bits per heavy atom. The maximum absolute atomic E-state index is 12.9. The first-order chi connectivity index (χ1) is 14.4. The molecule has 1 aliphatic rings. The molecule has 1 fully saturated rings. The van der Waals surface area contributed by atoms with E-state index in [2.05, 4.69) is 4.57 Å². The smallest absolute Gasteiger partial charge is 0.244 e. The molecule has 0 unspecified atom stereocenters. The van der Waals surface area contributed by atoms with Gasteiger partial charge in [0, 0.05) is 55.9 Å². The number of rotatable bonds is 5. The van der Waals surface area contributed by atoms with Crippen LogP contribution in [0.4, 0.5) is 0 Å². The molecular formula is C21H21Cl2N3O3S. The zero-order chi connectivity index (χ0) is 21.3. The molecular weight excluding hydrogens is 445 g/mol. The van der Waals surface area contributed by atoms with Crippen LogP contribution in [0, 0.1) is 0 Å². The minimum Gasteiger partial charge on any atom is -0.347 e. The third-order valence-electron chi connectivity index (χ3n) is 5.35. The normalized spacial score (nSPS) is 15.6. The highest BCUT2D eigenvalue weighted by atomic mass is 35.5. The van der Waals surface area contributed by atoms with Crippen molar-refractivity contribution in [1.82, 2.24) is 13.8 Å². The van der Waals surface area contributed by atoms with Gasteiger partial charge < -0.3 is 9.47 Å². The molecule has 0 saturated carbocycles. The fourth-order valence-corrected chi connectivity index (χ4v) is 5.86. The fraction of sp³-hybridized carbons (Fsp3) is 0.286. The number of hydrogen-bond donors (Lipinski definition) is 0. The van der Waals surface area contributed by atoms with Gasteiger partial charge in [0.1, 0.15) is 4.90 Å². The van der Waals surface area contributed by atoms with Crippen LogP contribution < -0.4 is 0 Å². The number of amides is 1. The standard InChI is InChI=1S/C21H21Cl2N3O3S/c22-17-5-6-18(23)20(15-17)30(28,29)26-13-11-25(12-14-26)21(27)8-10-24-9-7-16-3-1-2-4-19(16)24/h1-7,9,15H,8,10-14H2. The topological polar surface area (TPSA) is 62.6 Å². The SMILES string of the molecule is O=C(CCn1ccc2ccccc21)N1CCN(S(=O)(=O)c2cc(Cl)ccc2Cl)CC1. The number of sulfonamides is 1. The van der Waals surface area contributed by atoms with Crippen molar-refractivity contribution < 1.29 is 13.2 Å². The summed E-state index contributed by atoms with van der Waals surface area (Å²) in [7, 11) is -3.76. The van der Waals surface area contributed by atoms with Crippen LogP contribution in [-0.4, -0.2) is 54.3 Å². The summed E-state index contributed by atoms with van der Waals surface area (Å²) in [6.45, 7) is 1.74. The molecule has 9 heteroatoms. The van der Waals surface area contributed by atoms with Gasteiger partial charge in [0.2, 0.25) is 15.9 Å². The molecule has 1 aliphatic heterocycles. The van der Waals surface area contributed by atoms with Crippen LogP contribution in [0.2, 0.25) is 10.0 Å². The van der Waals surface area contributed by atoms with Crippen molar-refractivity contribution in [2.24, 2.45) is 0 Å².